The first-order chi connectivity index (χ1) is 5.76. The van der Waals surface area contributed by atoms with Gasteiger partial charge < -0.3 is 15.2 Å². The molecule has 3 nitrogen and oxygen atoms in total. The van der Waals surface area contributed by atoms with E-state index in [4.69, 9.17) is 15.2 Å². The second kappa shape index (κ2) is 4.21. The molecule has 2 N–H and O–H groups in total. The summed E-state index contributed by atoms with van der Waals surface area (Å²) in [5.74, 6) is 0.356. The van der Waals surface area contributed by atoms with E-state index < -0.39 is 0 Å². The van der Waals surface area contributed by atoms with Gasteiger partial charge in [-0.3, -0.25) is 0 Å². The van der Waals surface area contributed by atoms with Gasteiger partial charge in [0.1, 0.15) is 0 Å². The maximum atomic E-state index is 5.59. The van der Waals surface area contributed by atoms with Crippen LogP contribution in [0.25, 0.3) is 0 Å². The highest BCUT2D eigenvalue weighted by molar-refractivity contribution is 4.79. The summed E-state index contributed by atoms with van der Waals surface area (Å²) in [4.78, 5) is 0. The van der Waals surface area contributed by atoms with Crippen LogP contribution in [-0.2, 0) is 9.47 Å². The average molecular weight is 173 g/mol. The summed E-state index contributed by atoms with van der Waals surface area (Å²) in [7, 11) is 3.43. The third kappa shape index (κ3) is 1.97. The van der Waals surface area contributed by atoms with Crippen molar-refractivity contribution >= 4 is 0 Å². The minimum Gasteiger partial charge on any atom is -0.353 e. The fraction of sp³-hybridized carbons (Fsp3) is 1.00. The lowest BCUT2D eigenvalue weighted by Crippen LogP contribution is -2.39. The minimum absolute atomic E-state index is 0.314. The van der Waals surface area contributed by atoms with Crippen molar-refractivity contribution < 1.29 is 9.47 Å². The number of hydrogen-bond acceptors (Lipinski definition) is 3. The predicted octanol–water partition coefficient (Wildman–Crippen LogP) is 1.12. The van der Waals surface area contributed by atoms with Gasteiger partial charge >= 0.3 is 0 Å². The SMILES string of the molecule is COC1(OC)CCC(CN)CC1. The van der Waals surface area contributed by atoms with Gasteiger partial charge in [-0.05, 0) is 25.3 Å². The Bertz CT molecular complexity index is 124. The van der Waals surface area contributed by atoms with Gasteiger partial charge in [-0.2, -0.15) is 0 Å². The highest BCUT2D eigenvalue weighted by Gasteiger charge is 2.34. The zero-order valence-corrected chi connectivity index (χ0v) is 8.01. The Labute approximate surface area is 74.2 Å². The van der Waals surface area contributed by atoms with Crippen molar-refractivity contribution in [2.75, 3.05) is 20.8 Å². The van der Waals surface area contributed by atoms with Crippen molar-refractivity contribution in [3.05, 3.63) is 0 Å². The third-order valence-corrected chi connectivity index (χ3v) is 2.94. The van der Waals surface area contributed by atoms with E-state index in [1.807, 2.05) is 0 Å². The molecule has 12 heavy (non-hydrogen) atoms. The summed E-state index contributed by atoms with van der Waals surface area (Å²) in [5.41, 5.74) is 5.59. The molecular formula is C9H19NO2. The topological polar surface area (TPSA) is 44.5 Å². The molecule has 0 aliphatic heterocycles. The van der Waals surface area contributed by atoms with E-state index in [0.717, 1.165) is 32.2 Å². The highest BCUT2D eigenvalue weighted by Crippen LogP contribution is 2.34. The van der Waals surface area contributed by atoms with Crippen LogP contribution in [-0.4, -0.2) is 26.6 Å². The van der Waals surface area contributed by atoms with Crippen LogP contribution in [0.15, 0.2) is 0 Å². The van der Waals surface area contributed by atoms with E-state index in [2.05, 4.69) is 0 Å². The lowest BCUT2D eigenvalue weighted by Gasteiger charge is -2.37. The maximum Gasteiger partial charge on any atom is 0.167 e. The van der Waals surface area contributed by atoms with Gasteiger partial charge in [-0.25, -0.2) is 0 Å². The summed E-state index contributed by atoms with van der Waals surface area (Å²) in [6, 6.07) is 0. The molecule has 0 amide bonds. The Morgan fingerprint density at radius 1 is 1.25 bits per heavy atom. The van der Waals surface area contributed by atoms with E-state index in [1.165, 1.54) is 0 Å². The molecule has 1 fully saturated rings. The molecule has 0 aromatic heterocycles. The molecule has 3 heteroatoms. The molecule has 72 valence electrons. The first-order valence-electron chi connectivity index (χ1n) is 4.56. The normalized spacial score (nSPS) is 24.2. The fourth-order valence-corrected chi connectivity index (χ4v) is 1.84. The zero-order chi connectivity index (χ0) is 9.03. The Morgan fingerprint density at radius 3 is 2.08 bits per heavy atom. The van der Waals surface area contributed by atoms with Gasteiger partial charge in [0.25, 0.3) is 0 Å². The molecule has 0 radical (unpaired) electrons. The van der Waals surface area contributed by atoms with Crippen molar-refractivity contribution in [2.45, 2.75) is 31.5 Å². The molecule has 0 atom stereocenters. The van der Waals surface area contributed by atoms with Crippen LogP contribution in [0.2, 0.25) is 0 Å². The van der Waals surface area contributed by atoms with Crippen LogP contribution in [0.5, 0.6) is 0 Å². The quantitative estimate of drug-likeness (QED) is 0.650. The first kappa shape index (κ1) is 9.96. The molecule has 1 aliphatic rings. The fourth-order valence-electron chi connectivity index (χ4n) is 1.84. The van der Waals surface area contributed by atoms with Crippen LogP contribution in [0.4, 0.5) is 0 Å². The van der Waals surface area contributed by atoms with E-state index in [0.29, 0.717) is 5.92 Å². The highest BCUT2D eigenvalue weighted by atomic mass is 16.7. The van der Waals surface area contributed by atoms with Crippen molar-refractivity contribution in [3.63, 3.8) is 0 Å². The Kier molecular flexibility index (Phi) is 3.50. The van der Waals surface area contributed by atoms with E-state index >= 15 is 0 Å². The standard InChI is InChI=1S/C9H19NO2/c1-11-9(12-2)5-3-8(7-10)4-6-9/h8H,3-7,10H2,1-2H3. The van der Waals surface area contributed by atoms with Crippen LogP contribution in [0, 0.1) is 5.92 Å². The van der Waals surface area contributed by atoms with Crippen molar-refractivity contribution in [2.24, 2.45) is 11.7 Å². The van der Waals surface area contributed by atoms with Crippen molar-refractivity contribution in [1.29, 1.82) is 0 Å². The number of ether oxygens (including phenoxy) is 2. The maximum absolute atomic E-state index is 5.59. The Morgan fingerprint density at radius 2 is 1.75 bits per heavy atom. The summed E-state index contributed by atoms with van der Waals surface area (Å²) in [5, 5.41) is 0. The number of rotatable bonds is 3. The number of hydrogen-bond donors (Lipinski definition) is 1. The zero-order valence-electron chi connectivity index (χ0n) is 8.01. The number of methoxy groups -OCH3 is 2. The molecule has 0 spiro atoms. The van der Waals surface area contributed by atoms with Crippen LogP contribution in [0.3, 0.4) is 0 Å². The Balaban J connectivity index is 2.42. The summed E-state index contributed by atoms with van der Waals surface area (Å²) in [6.07, 6.45) is 4.19. The van der Waals surface area contributed by atoms with Gasteiger partial charge in [0.15, 0.2) is 5.79 Å². The second-order valence-electron chi connectivity index (χ2n) is 3.50. The van der Waals surface area contributed by atoms with E-state index in [9.17, 15) is 0 Å². The summed E-state index contributed by atoms with van der Waals surface area (Å²) in [6.45, 7) is 0.795. The van der Waals surface area contributed by atoms with Crippen LogP contribution < -0.4 is 5.73 Å². The molecule has 0 saturated heterocycles. The molecule has 0 bridgehead atoms. The largest absolute Gasteiger partial charge is 0.353 e. The third-order valence-electron chi connectivity index (χ3n) is 2.94. The molecule has 1 aliphatic carbocycles. The molecular weight excluding hydrogens is 154 g/mol. The summed E-state index contributed by atoms with van der Waals surface area (Å²) >= 11 is 0. The lowest BCUT2D eigenvalue weighted by molar-refractivity contribution is -0.227. The van der Waals surface area contributed by atoms with Crippen molar-refractivity contribution in [3.8, 4) is 0 Å². The minimum atomic E-state index is -0.314. The smallest absolute Gasteiger partial charge is 0.167 e. The molecule has 0 aromatic carbocycles. The van der Waals surface area contributed by atoms with Crippen LogP contribution in [0.1, 0.15) is 25.7 Å². The average Bonchev–Trinajstić information content (AvgIpc) is 2.18. The monoisotopic (exact) mass is 173 g/mol. The molecule has 0 heterocycles. The number of nitrogens with two attached hydrogens (primary N) is 1. The van der Waals surface area contributed by atoms with Gasteiger partial charge in [-0.15, -0.1) is 0 Å². The van der Waals surface area contributed by atoms with Gasteiger partial charge in [-0.1, -0.05) is 0 Å². The molecule has 0 unspecified atom stereocenters. The molecule has 0 aromatic rings. The van der Waals surface area contributed by atoms with Crippen LogP contribution >= 0.6 is 0 Å². The van der Waals surface area contributed by atoms with Gasteiger partial charge in [0.2, 0.25) is 0 Å². The molecule has 1 saturated carbocycles. The Hall–Kier alpha value is -0.120. The molecule has 1 rings (SSSR count). The lowest BCUT2D eigenvalue weighted by atomic mass is 9.85. The first-order valence-corrected chi connectivity index (χ1v) is 4.56. The van der Waals surface area contributed by atoms with Crippen molar-refractivity contribution in [1.82, 2.24) is 0 Å². The van der Waals surface area contributed by atoms with Gasteiger partial charge in [0, 0.05) is 27.1 Å². The van der Waals surface area contributed by atoms with Gasteiger partial charge in [0.05, 0.1) is 0 Å². The van der Waals surface area contributed by atoms with E-state index in [-0.39, 0.29) is 5.79 Å². The van der Waals surface area contributed by atoms with E-state index in [1.54, 1.807) is 14.2 Å². The predicted molar refractivity (Wildman–Crippen MR) is 47.8 cm³/mol. The summed E-state index contributed by atoms with van der Waals surface area (Å²) < 4.78 is 10.7. The second-order valence-corrected chi connectivity index (χ2v) is 3.50.